The van der Waals surface area contributed by atoms with Crippen molar-refractivity contribution in [2.75, 3.05) is 5.32 Å². The van der Waals surface area contributed by atoms with E-state index in [1.807, 2.05) is 0 Å². The van der Waals surface area contributed by atoms with Crippen molar-refractivity contribution in [1.82, 2.24) is 5.32 Å². The van der Waals surface area contributed by atoms with E-state index in [9.17, 15) is 14.9 Å². The van der Waals surface area contributed by atoms with Gasteiger partial charge in [0.1, 0.15) is 5.75 Å². The number of benzene rings is 2. The zero-order chi connectivity index (χ0) is 16.8. The number of hydrogen-bond acceptors (Lipinski definition) is 4. The van der Waals surface area contributed by atoms with E-state index in [2.05, 4.69) is 10.6 Å². The number of hydrogen-bond donors (Lipinski definition) is 2. The molecule has 0 aliphatic rings. The molecule has 8 heteroatoms. The number of non-ortho nitro benzene ring substituents is 1. The number of nitrogens with zero attached hydrogens (tertiary/aromatic N) is 1. The van der Waals surface area contributed by atoms with E-state index in [1.54, 1.807) is 37.3 Å². The van der Waals surface area contributed by atoms with Crippen molar-refractivity contribution in [1.29, 1.82) is 0 Å². The van der Waals surface area contributed by atoms with Gasteiger partial charge in [0.15, 0.2) is 6.23 Å². The molecule has 0 bridgehead atoms. The van der Waals surface area contributed by atoms with Crippen molar-refractivity contribution in [2.24, 2.45) is 0 Å². The summed E-state index contributed by atoms with van der Waals surface area (Å²) in [6.07, 6.45) is -0.602. The van der Waals surface area contributed by atoms with Gasteiger partial charge in [-0.2, -0.15) is 0 Å². The monoisotopic (exact) mass is 335 g/mol. The number of halogens is 1. The zero-order valence-electron chi connectivity index (χ0n) is 12.2. The molecule has 2 N–H and O–H groups in total. The predicted molar refractivity (Wildman–Crippen MR) is 86.8 cm³/mol. The van der Waals surface area contributed by atoms with Crippen LogP contribution in [0.15, 0.2) is 48.5 Å². The van der Waals surface area contributed by atoms with Gasteiger partial charge in [-0.05, 0) is 37.3 Å². The number of nitro groups is 1. The van der Waals surface area contributed by atoms with E-state index in [-0.39, 0.29) is 5.69 Å². The van der Waals surface area contributed by atoms with Gasteiger partial charge in [-0.15, -0.1) is 0 Å². The third-order valence-corrected chi connectivity index (χ3v) is 3.03. The average molecular weight is 336 g/mol. The molecule has 23 heavy (non-hydrogen) atoms. The maximum atomic E-state index is 11.9. The fourth-order valence-electron chi connectivity index (χ4n) is 1.80. The quantitative estimate of drug-likeness (QED) is 0.493. The summed E-state index contributed by atoms with van der Waals surface area (Å²) in [5.41, 5.74) is 0.212. The van der Waals surface area contributed by atoms with Crippen LogP contribution in [0.4, 0.5) is 16.2 Å². The molecule has 7 nitrogen and oxygen atoms in total. The Hall–Kier alpha value is -2.80. The Balaban J connectivity index is 1.90. The highest BCUT2D eigenvalue weighted by Crippen LogP contribution is 2.18. The molecule has 0 radical (unpaired) electrons. The highest BCUT2D eigenvalue weighted by Gasteiger charge is 2.11. The number of anilines is 1. The number of rotatable bonds is 5. The molecule has 2 rings (SSSR count). The van der Waals surface area contributed by atoms with Crippen molar-refractivity contribution < 1.29 is 14.5 Å². The lowest BCUT2D eigenvalue weighted by Crippen LogP contribution is -2.39. The van der Waals surface area contributed by atoms with Gasteiger partial charge in [0.2, 0.25) is 0 Å². The summed E-state index contributed by atoms with van der Waals surface area (Å²) in [7, 11) is 0. The van der Waals surface area contributed by atoms with E-state index in [0.29, 0.717) is 16.5 Å². The van der Waals surface area contributed by atoms with Crippen molar-refractivity contribution in [3.05, 3.63) is 63.7 Å². The summed E-state index contributed by atoms with van der Waals surface area (Å²) < 4.78 is 5.50. The number of nitro benzene ring substituents is 1. The average Bonchev–Trinajstić information content (AvgIpc) is 2.49. The second kappa shape index (κ2) is 7.46. The predicted octanol–water partition coefficient (Wildman–Crippen LogP) is 3.79. The summed E-state index contributed by atoms with van der Waals surface area (Å²) in [5.74, 6) is 0.553. The molecule has 0 saturated carbocycles. The maximum absolute atomic E-state index is 11.9. The van der Waals surface area contributed by atoms with Crippen LogP contribution in [-0.4, -0.2) is 17.2 Å². The van der Waals surface area contributed by atoms with Crippen LogP contribution in [0.3, 0.4) is 0 Å². The Morgan fingerprint density at radius 2 is 1.96 bits per heavy atom. The molecule has 0 aliphatic carbocycles. The molecule has 2 aromatic carbocycles. The second-order valence-electron chi connectivity index (χ2n) is 4.62. The van der Waals surface area contributed by atoms with Crippen LogP contribution in [0.25, 0.3) is 0 Å². The molecule has 0 saturated heterocycles. The van der Waals surface area contributed by atoms with Crippen molar-refractivity contribution in [3.8, 4) is 5.75 Å². The Bertz CT molecular complexity index is 706. The molecule has 2 amide bonds. The SMILES string of the molecule is CC(NC(=O)Nc1cccc([N+](=O)[O-])c1)Oc1ccc(Cl)cc1. The second-order valence-corrected chi connectivity index (χ2v) is 5.06. The normalized spacial score (nSPS) is 11.4. The topological polar surface area (TPSA) is 93.5 Å². The number of nitrogens with one attached hydrogen (secondary N) is 2. The Kier molecular flexibility index (Phi) is 5.37. The number of ether oxygens (including phenoxy) is 1. The third kappa shape index (κ3) is 5.15. The van der Waals surface area contributed by atoms with E-state index in [0.717, 1.165) is 0 Å². The van der Waals surface area contributed by atoms with E-state index in [4.69, 9.17) is 16.3 Å². The minimum atomic E-state index is -0.602. The van der Waals surface area contributed by atoms with Gasteiger partial charge in [0, 0.05) is 22.8 Å². The van der Waals surface area contributed by atoms with E-state index >= 15 is 0 Å². The molecule has 0 aliphatic heterocycles. The summed E-state index contributed by atoms with van der Waals surface area (Å²) in [4.78, 5) is 22.0. The molecule has 0 aromatic heterocycles. The number of urea groups is 1. The van der Waals surface area contributed by atoms with Gasteiger partial charge in [0.05, 0.1) is 4.92 Å². The number of carbonyl (C=O) groups excluding carboxylic acids is 1. The largest absolute Gasteiger partial charge is 0.471 e. The van der Waals surface area contributed by atoms with Crippen LogP contribution in [-0.2, 0) is 0 Å². The molecule has 1 atom stereocenters. The van der Waals surface area contributed by atoms with Gasteiger partial charge in [0.25, 0.3) is 5.69 Å². The first kappa shape index (κ1) is 16.6. The third-order valence-electron chi connectivity index (χ3n) is 2.78. The summed E-state index contributed by atoms with van der Waals surface area (Å²) >= 11 is 5.77. The standard InChI is InChI=1S/C15H14ClN3O4/c1-10(23-14-7-5-11(16)6-8-14)17-15(20)18-12-3-2-4-13(9-12)19(21)22/h2-10H,1H3,(H2,17,18,20). The zero-order valence-corrected chi connectivity index (χ0v) is 12.9. The molecule has 0 spiro atoms. The van der Waals surface area contributed by atoms with E-state index in [1.165, 1.54) is 18.2 Å². The van der Waals surface area contributed by atoms with Crippen LogP contribution >= 0.6 is 11.6 Å². The summed E-state index contributed by atoms with van der Waals surface area (Å²) in [6.45, 7) is 1.65. The minimum absolute atomic E-state index is 0.103. The highest BCUT2D eigenvalue weighted by molar-refractivity contribution is 6.30. The molecule has 0 fully saturated rings. The lowest BCUT2D eigenvalue weighted by molar-refractivity contribution is -0.384. The van der Waals surface area contributed by atoms with Gasteiger partial charge in [-0.3, -0.25) is 10.1 Å². The van der Waals surface area contributed by atoms with Crippen LogP contribution in [0, 0.1) is 10.1 Å². The highest BCUT2D eigenvalue weighted by atomic mass is 35.5. The Labute approximate surface area is 137 Å². The van der Waals surface area contributed by atoms with Crippen LogP contribution in [0.2, 0.25) is 5.02 Å². The van der Waals surface area contributed by atoms with Gasteiger partial charge < -0.3 is 15.4 Å². The molecule has 0 heterocycles. The molecule has 1 unspecified atom stereocenters. The van der Waals surface area contributed by atoms with E-state index < -0.39 is 17.2 Å². The van der Waals surface area contributed by atoms with Gasteiger partial charge in [-0.1, -0.05) is 17.7 Å². The maximum Gasteiger partial charge on any atom is 0.322 e. The first-order chi connectivity index (χ1) is 10.9. The minimum Gasteiger partial charge on any atom is -0.471 e. The first-order valence-electron chi connectivity index (χ1n) is 6.68. The summed E-state index contributed by atoms with van der Waals surface area (Å²) in [6, 6.07) is 11.8. The van der Waals surface area contributed by atoms with Crippen LogP contribution in [0.5, 0.6) is 5.75 Å². The molecular weight excluding hydrogens is 322 g/mol. The molecule has 2 aromatic rings. The lowest BCUT2D eigenvalue weighted by atomic mass is 10.3. The van der Waals surface area contributed by atoms with Crippen molar-refractivity contribution in [2.45, 2.75) is 13.2 Å². The summed E-state index contributed by atoms with van der Waals surface area (Å²) in [5, 5.41) is 16.3. The molecule has 120 valence electrons. The fourth-order valence-corrected chi connectivity index (χ4v) is 1.92. The van der Waals surface area contributed by atoms with Crippen LogP contribution in [0.1, 0.15) is 6.92 Å². The van der Waals surface area contributed by atoms with Gasteiger partial charge >= 0.3 is 6.03 Å². The van der Waals surface area contributed by atoms with Gasteiger partial charge in [-0.25, -0.2) is 4.79 Å². The van der Waals surface area contributed by atoms with Crippen molar-refractivity contribution in [3.63, 3.8) is 0 Å². The van der Waals surface area contributed by atoms with Crippen LogP contribution < -0.4 is 15.4 Å². The van der Waals surface area contributed by atoms with Crippen molar-refractivity contribution >= 4 is 29.0 Å². The number of amides is 2. The number of carbonyl (C=O) groups is 1. The lowest BCUT2D eigenvalue weighted by Gasteiger charge is -2.16. The Morgan fingerprint density at radius 1 is 1.26 bits per heavy atom. The smallest absolute Gasteiger partial charge is 0.322 e. The molecular formula is C15H14ClN3O4. The fraction of sp³-hybridized carbons (Fsp3) is 0.133. The Morgan fingerprint density at radius 3 is 2.61 bits per heavy atom. The first-order valence-corrected chi connectivity index (χ1v) is 7.06.